The third kappa shape index (κ3) is 3.60. The molecule has 0 aliphatic carbocycles. The Kier molecular flexibility index (Phi) is 6.79. The quantitative estimate of drug-likeness (QED) is 0.859. The van der Waals surface area contributed by atoms with Gasteiger partial charge in [0.2, 0.25) is 0 Å². The highest BCUT2D eigenvalue weighted by molar-refractivity contribution is 6.99. The number of nitrogens with zero attached hydrogens (tertiary/aromatic N) is 3. The summed E-state index contributed by atoms with van der Waals surface area (Å²) >= 11 is 7.03. The Hall–Kier alpha value is 0.190. The molecule has 1 aliphatic heterocycles. The second-order valence-corrected chi connectivity index (χ2v) is 4.09. The first-order valence-corrected chi connectivity index (χ1v) is 5.37. The molecule has 1 fully saturated rings. The van der Waals surface area contributed by atoms with E-state index >= 15 is 0 Å². The van der Waals surface area contributed by atoms with Crippen LogP contribution < -0.4 is 10.6 Å². The molecule has 0 spiro atoms. The summed E-state index contributed by atoms with van der Waals surface area (Å²) in [6.45, 7) is 1.87. The number of rotatable bonds is 1. The third-order valence-corrected chi connectivity index (χ3v) is 3.14. The van der Waals surface area contributed by atoms with E-state index in [2.05, 4.69) is 13.6 Å². The fourth-order valence-electron chi connectivity index (χ4n) is 1.47. The number of hydrogen-bond donors (Lipinski definition) is 1. The Bertz CT molecular complexity index is 288. The highest BCUT2D eigenvalue weighted by Gasteiger charge is 2.20. The van der Waals surface area contributed by atoms with E-state index in [0.717, 1.165) is 43.5 Å². The van der Waals surface area contributed by atoms with Crippen LogP contribution in [0.15, 0.2) is 0 Å². The molecule has 0 radical (unpaired) electrons. The lowest BCUT2D eigenvalue weighted by atomic mass is 10.1. The summed E-state index contributed by atoms with van der Waals surface area (Å²) in [5.41, 5.74) is 5.80. The van der Waals surface area contributed by atoms with E-state index in [0.29, 0.717) is 11.2 Å². The number of anilines is 1. The van der Waals surface area contributed by atoms with Gasteiger partial charge in [-0.3, -0.25) is 0 Å². The molecule has 0 atom stereocenters. The summed E-state index contributed by atoms with van der Waals surface area (Å²) in [6.07, 6.45) is 2.02. The maximum atomic E-state index is 5.87. The summed E-state index contributed by atoms with van der Waals surface area (Å²) in [6, 6.07) is 0.335. The van der Waals surface area contributed by atoms with Gasteiger partial charge < -0.3 is 10.6 Å². The van der Waals surface area contributed by atoms with Crippen molar-refractivity contribution in [2.24, 2.45) is 5.73 Å². The van der Waals surface area contributed by atoms with Gasteiger partial charge in [0.1, 0.15) is 0 Å². The van der Waals surface area contributed by atoms with Gasteiger partial charge in [0.25, 0.3) is 0 Å². The summed E-state index contributed by atoms with van der Waals surface area (Å²) < 4.78 is 8.08. The maximum Gasteiger partial charge on any atom is 0.187 e. The van der Waals surface area contributed by atoms with Crippen LogP contribution in [0.25, 0.3) is 0 Å². The van der Waals surface area contributed by atoms with Crippen LogP contribution in [0.3, 0.4) is 0 Å². The van der Waals surface area contributed by atoms with Crippen LogP contribution >= 0.6 is 48.1 Å². The molecule has 88 valence electrons. The summed E-state index contributed by atoms with van der Waals surface area (Å²) in [5.74, 6) is 0.818. The van der Waals surface area contributed by atoms with Crippen LogP contribution in [-0.4, -0.2) is 27.9 Å². The van der Waals surface area contributed by atoms with Crippen molar-refractivity contribution in [2.45, 2.75) is 18.9 Å². The molecular weight excluding hydrogens is 279 g/mol. The number of aromatic nitrogens is 2. The van der Waals surface area contributed by atoms with Gasteiger partial charge in [-0.1, -0.05) is 11.6 Å². The molecule has 0 amide bonds. The molecule has 8 heteroatoms. The van der Waals surface area contributed by atoms with Crippen molar-refractivity contribution < 1.29 is 0 Å². The van der Waals surface area contributed by atoms with Crippen molar-refractivity contribution >= 4 is 54.0 Å². The Morgan fingerprint density at radius 2 is 1.87 bits per heavy atom. The minimum atomic E-state index is 0. The number of halogens is 3. The van der Waals surface area contributed by atoms with Crippen LogP contribution in [0.2, 0.25) is 5.15 Å². The maximum absolute atomic E-state index is 5.87. The van der Waals surface area contributed by atoms with E-state index in [1.165, 1.54) is 0 Å². The summed E-state index contributed by atoms with van der Waals surface area (Å²) in [7, 11) is 0. The fourth-order valence-corrected chi connectivity index (χ4v) is 2.25. The molecule has 1 aromatic rings. The third-order valence-electron chi connectivity index (χ3n) is 2.27. The molecule has 1 aliphatic rings. The Labute approximate surface area is 110 Å². The first-order valence-electron chi connectivity index (χ1n) is 4.26. The number of nitrogens with two attached hydrogens (primary N) is 1. The van der Waals surface area contributed by atoms with Gasteiger partial charge >= 0.3 is 0 Å². The minimum absolute atomic E-state index is 0. The fraction of sp³-hybridized carbons (Fsp3) is 0.714. The summed E-state index contributed by atoms with van der Waals surface area (Å²) in [4.78, 5) is 2.15. The van der Waals surface area contributed by atoms with Crippen LogP contribution in [0.5, 0.6) is 0 Å². The molecule has 15 heavy (non-hydrogen) atoms. The second kappa shape index (κ2) is 6.70. The van der Waals surface area contributed by atoms with Gasteiger partial charge in [-0.15, -0.1) is 24.8 Å². The predicted molar refractivity (Wildman–Crippen MR) is 68.8 cm³/mol. The van der Waals surface area contributed by atoms with E-state index in [-0.39, 0.29) is 24.8 Å². The standard InChI is InChI=1S/C7H11ClN4S.2ClH/c8-6-7(11-13-10-6)12-3-1-5(9)2-4-12;;/h5H,1-4,9H2;2*1H. The largest absolute Gasteiger partial charge is 0.353 e. The topological polar surface area (TPSA) is 55.0 Å². The zero-order valence-electron chi connectivity index (χ0n) is 7.93. The minimum Gasteiger partial charge on any atom is -0.353 e. The zero-order chi connectivity index (χ0) is 9.26. The van der Waals surface area contributed by atoms with E-state index in [1.807, 2.05) is 0 Å². The van der Waals surface area contributed by atoms with Gasteiger partial charge in [0.15, 0.2) is 11.0 Å². The Morgan fingerprint density at radius 3 is 2.33 bits per heavy atom. The molecule has 1 saturated heterocycles. The highest BCUT2D eigenvalue weighted by Crippen LogP contribution is 2.25. The molecule has 2 heterocycles. The normalized spacial score (nSPS) is 16.8. The van der Waals surface area contributed by atoms with E-state index < -0.39 is 0 Å². The molecule has 1 aromatic heterocycles. The molecule has 0 aromatic carbocycles. The van der Waals surface area contributed by atoms with Crippen LogP contribution in [0.1, 0.15) is 12.8 Å². The first-order chi connectivity index (χ1) is 6.27. The predicted octanol–water partition coefficient (Wildman–Crippen LogP) is 1.96. The number of hydrogen-bond acceptors (Lipinski definition) is 5. The van der Waals surface area contributed by atoms with Gasteiger partial charge in [-0.2, -0.15) is 8.75 Å². The Balaban J connectivity index is 0.000000980. The van der Waals surface area contributed by atoms with Crippen molar-refractivity contribution in [3.63, 3.8) is 0 Å². The van der Waals surface area contributed by atoms with Gasteiger partial charge in [0.05, 0.1) is 11.7 Å². The lowest BCUT2D eigenvalue weighted by Gasteiger charge is -2.29. The van der Waals surface area contributed by atoms with Crippen molar-refractivity contribution in [3.8, 4) is 0 Å². The zero-order valence-corrected chi connectivity index (χ0v) is 11.1. The van der Waals surface area contributed by atoms with Gasteiger partial charge in [-0.25, -0.2) is 0 Å². The lowest BCUT2D eigenvalue weighted by molar-refractivity contribution is 0.499. The van der Waals surface area contributed by atoms with E-state index in [1.54, 1.807) is 0 Å². The SMILES string of the molecule is Cl.Cl.NC1CCN(c2nsnc2Cl)CC1. The van der Waals surface area contributed by atoms with Crippen molar-refractivity contribution in [1.29, 1.82) is 0 Å². The van der Waals surface area contributed by atoms with Crippen LogP contribution in [0, 0.1) is 0 Å². The van der Waals surface area contributed by atoms with Crippen molar-refractivity contribution in [3.05, 3.63) is 5.15 Å². The summed E-state index contributed by atoms with van der Waals surface area (Å²) in [5, 5.41) is 0.514. The molecule has 4 nitrogen and oxygen atoms in total. The van der Waals surface area contributed by atoms with Crippen molar-refractivity contribution in [1.82, 2.24) is 8.75 Å². The van der Waals surface area contributed by atoms with Crippen LogP contribution in [0.4, 0.5) is 5.82 Å². The van der Waals surface area contributed by atoms with Gasteiger partial charge in [-0.05, 0) is 12.8 Å². The molecule has 0 saturated carbocycles. The average molecular weight is 292 g/mol. The first kappa shape index (κ1) is 15.2. The monoisotopic (exact) mass is 290 g/mol. The van der Waals surface area contributed by atoms with Gasteiger partial charge in [0, 0.05) is 19.1 Å². The van der Waals surface area contributed by atoms with E-state index in [4.69, 9.17) is 17.3 Å². The second-order valence-electron chi connectivity index (χ2n) is 3.20. The molecular formula is C7H13Cl3N4S. The van der Waals surface area contributed by atoms with Crippen LogP contribution in [-0.2, 0) is 0 Å². The molecule has 0 bridgehead atoms. The molecule has 2 N–H and O–H groups in total. The molecule has 2 rings (SSSR count). The Morgan fingerprint density at radius 1 is 1.27 bits per heavy atom. The lowest BCUT2D eigenvalue weighted by Crippen LogP contribution is -2.39. The van der Waals surface area contributed by atoms with E-state index in [9.17, 15) is 0 Å². The van der Waals surface area contributed by atoms with Crippen molar-refractivity contribution in [2.75, 3.05) is 18.0 Å². The molecule has 0 unspecified atom stereocenters. The number of piperidine rings is 1. The average Bonchev–Trinajstić information content (AvgIpc) is 2.53. The smallest absolute Gasteiger partial charge is 0.187 e. The highest BCUT2D eigenvalue weighted by atomic mass is 35.5.